The molecule has 24 nitrogen and oxygen atoms in total. The van der Waals surface area contributed by atoms with Crippen molar-refractivity contribution < 1.29 is 103 Å². The van der Waals surface area contributed by atoms with Crippen molar-refractivity contribution in [3.05, 3.63) is 0 Å². The van der Waals surface area contributed by atoms with Gasteiger partial charge in [0, 0.05) is 0 Å². The van der Waals surface area contributed by atoms with Crippen LogP contribution in [0.5, 0.6) is 0 Å². The lowest BCUT2D eigenvalue weighted by atomic mass is 9.85. The first kappa shape index (κ1) is 33.2. The molecule has 0 aliphatic heterocycles. The molecule has 36 heavy (non-hydrogen) atoms. The van der Waals surface area contributed by atoms with Gasteiger partial charge >= 0.3 is 0 Å². The molecule has 0 aromatic rings. The Morgan fingerprint density at radius 1 is 0.278 bits per heavy atom. The second-order valence-corrected chi connectivity index (χ2v) is 11.9. The monoisotopic (exact) mass is 654 g/mol. The summed E-state index contributed by atoms with van der Waals surface area (Å²) < 4.78 is 220. The molecule has 0 unspecified atom stereocenters. The van der Waals surface area contributed by atoms with Crippen LogP contribution in [0.15, 0.2) is 0 Å². The minimum Gasteiger partial charge on any atom is -0.726 e. The fraction of sp³-hybridized carbons (Fsp3) is 1.00. The van der Waals surface area contributed by atoms with E-state index >= 15 is 0 Å². The van der Waals surface area contributed by atoms with Crippen molar-refractivity contribution in [1.29, 1.82) is 0 Å². The molecule has 0 bridgehead atoms. The summed E-state index contributed by atoms with van der Waals surface area (Å²) in [4.78, 5) is 0. The van der Waals surface area contributed by atoms with Gasteiger partial charge in [0.2, 0.25) is 62.4 Å². The van der Waals surface area contributed by atoms with E-state index in [4.69, 9.17) is 0 Å². The smallest absolute Gasteiger partial charge is 0.218 e. The van der Waals surface area contributed by atoms with Crippen molar-refractivity contribution >= 4 is 62.4 Å². The molecule has 0 aromatic heterocycles. The first-order valence-electron chi connectivity index (χ1n) is 7.41. The van der Waals surface area contributed by atoms with Gasteiger partial charge in [-0.1, -0.05) is 0 Å². The van der Waals surface area contributed by atoms with Crippen LogP contribution in [0.4, 0.5) is 0 Å². The molecule has 0 atom stereocenters. The second-order valence-electron chi connectivity index (χ2n) is 5.81. The highest BCUT2D eigenvalue weighted by Gasteiger charge is 2.59. The van der Waals surface area contributed by atoms with Gasteiger partial charge in [-0.15, -0.1) is 0 Å². The number of hydrogen-bond acceptors (Lipinski definition) is 24. The van der Waals surface area contributed by atoms with Crippen LogP contribution in [-0.4, -0.2) is 114 Å². The van der Waals surface area contributed by atoms with Crippen LogP contribution < -0.4 is 0 Å². The van der Waals surface area contributed by atoms with Crippen LogP contribution in [0.1, 0.15) is 0 Å². The Hall–Kier alpha value is -0.780. The summed E-state index contributed by atoms with van der Waals surface area (Å²) in [5.74, 6) is 0. The molecule has 0 heterocycles. The molecule has 1 aliphatic rings. The molecule has 0 saturated heterocycles. The van der Waals surface area contributed by atoms with Gasteiger partial charge in [0.1, 0.15) is 36.6 Å². The summed E-state index contributed by atoms with van der Waals surface area (Å²) in [6.45, 7) is 0. The Labute approximate surface area is 201 Å². The van der Waals surface area contributed by atoms with E-state index in [0.29, 0.717) is 0 Å². The van der Waals surface area contributed by atoms with E-state index in [0.717, 1.165) is 0 Å². The highest BCUT2D eigenvalue weighted by atomic mass is 32.3. The minimum absolute atomic E-state index is 3.59. The van der Waals surface area contributed by atoms with Gasteiger partial charge in [-0.05, 0) is 0 Å². The van der Waals surface area contributed by atoms with E-state index in [1.807, 2.05) is 0 Å². The molecule has 0 radical (unpaired) electrons. The third-order valence-electron chi connectivity index (χ3n) is 3.32. The molecule has 30 heteroatoms. The molecular weight excluding hydrogens is 648 g/mol. The largest absolute Gasteiger partial charge is 0.726 e. The van der Waals surface area contributed by atoms with Crippen LogP contribution in [-0.2, 0) is 87.5 Å². The van der Waals surface area contributed by atoms with E-state index in [2.05, 4.69) is 25.1 Å². The standard InChI is InChI=1S/C6H12O24S6/c7-31(8,9)25-1-2(26-32(10,11)12)4(28-34(16,17)18)6(30-36(22,23)24)5(29-35(19,20)21)3(1)27-33(13,14)15/h1-6H,(H,7,8,9)(H,10,11,12)(H,13,14,15)(H,16,17,18)(H,19,20,21)(H,22,23,24)/p-6. The van der Waals surface area contributed by atoms with Gasteiger partial charge in [0.05, 0.1) is 0 Å². The average molecular weight is 654 g/mol. The fourth-order valence-electron chi connectivity index (χ4n) is 2.60. The van der Waals surface area contributed by atoms with E-state index in [1.165, 1.54) is 0 Å². The first-order chi connectivity index (χ1) is 15.6. The van der Waals surface area contributed by atoms with Crippen LogP contribution in [0, 0.1) is 0 Å². The van der Waals surface area contributed by atoms with Crippen molar-refractivity contribution in [2.24, 2.45) is 0 Å². The van der Waals surface area contributed by atoms with Crippen molar-refractivity contribution in [3.8, 4) is 0 Å². The molecule has 0 amide bonds. The van der Waals surface area contributed by atoms with Gasteiger partial charge in [-0.2, -0.15) is 0 Å². The first-order valence-corrected chi connectivity index (χ1v) is 15.4. The molecule has 1 fully saturated rings. The van der Waals surface area contributed by atoms with E-state index in [-0.39, 0.29) is 0 Å². The van der Waals surface area contributed by atoms with E-state index in [1.54, 1.807) is 0 Å². The lowest BCUT2D eigenvalue weighted by Crippen LogP contribution is -2.69. The maximum Gasteiger partial charge on any atom is 0.218 e. The molecule has 216 valence electrons. The molecule has 1 rings (SSSR count). The van der Waals surface area contributed by atoms with Gasteiger partial charge in [0.15, 0.2) is 0 Å². The highest BCUT2D eigenvalue weighted by Crippen LogP contribution is 2.37. The van der Waals surface area contributed by atoms with Crippen molar-refractivity contribution in [2.45, 2.75) is 36.6 Å². The zero-order chi connectivity index (χ0) is 28.7. The predicted molar refractivity (Wildman–Crippen MR) is 87.4 cm³/mol. The quantitative estimate of drug-likeness (QED) is 0.139. The lowest BCUT2D eigenvalue weighted by Gasteiger charge is -2.48. The van der Waals surface area contributed by atoms with Gasteiger partial charge in [0.25, 0.3) is 0 Å². The summed E-state index contributed by atoms with van der Waals surface area (Å²) in [7, 11) is -38.3. The Morgan fingerprint density at radius 2 is 0.361 bits per heavy atom. The molecule has 0 aromatic carbocycles. The maximum absolute atomic E-state index is 11.1. The Balaban J connectivity index is 4.15. The summed E-state index contributed by atoms with van der Waals surface area (Å²) in [5.41, 5.74) is 0. The minimum atomic E-state index is -6.38. The summed E-state index contributed by atoms with van der Waals surface area (Å²) >= 11 is 0. The highest BCUT2D eigenvalue weighted by molar-refractivity contribution is 7.82. The van der Waals surface area contributed by atoms with Crippen LogP contribution >= 0.6 is 0 Å². The Kier molecular flexibility index (Phi) is 9.95. The summed E-state index contributed by atoms with van der Waals surface area (Å²) in [6, 6.07) is 0. The third-order valence-corrected chi connectivity index (χ3v) is 6.06. The van der Waals surface area contributed by atoms with Crippen LogP contribution in [0.3, 0.4) is 0 Å². The summed E-state index contributed by atoms with van der Waals surface area (Å²) in [5, 5.41) is 0. The molecule has 1 saturated carbocycles. The SMILES string of the molecule is O=S(=O)([O-])OC1C(OS(=O)(=O)[O-])C(OS(=O)(=O)[O-])C(OS(=O)(=O)[O-])C(OS(=O)(=O)[O-])C1OS(=O)(=O)[O-]. The molecule has 1 aliphatic carbocycles. The zero-order valence-electron chi connectivity index (χ0n) is 15.7. The topological polar surface area (TPSA) is 399 Å². The van der Waals surface area contributed by atoms with E-state index in [9.17, 15) is 77.8 Å². The number of rotatable bonds is 12. The zero-order valence-corrected chi connectivity index (χ0v) is 20.6. The van der Waals surface area contributed by atoms with Crippen LogP contribution in [0.25, 0.3) is 0 Å². The third kappa shape index (κ3) is 12.2. The Morgan fingerprint density at radius 3 is 0.417 bits per heavy atom. The predicted octanol–water partition coefficient (Wildman–Crippen LogP) is -6.93. The van der Waals surface area contributed by atoms with Crippen molar-refractivity contribution in [3.63, 3.8) is 0 Å². The van der Waals surface area contributed by atoms with Crippen molar-refractivity contribution in [1.82, 2.24) is 0 Å². The van der Waals surface area contributed by atoms with Gasteiger partial charge < -0.3 is 27.3 Å². The van der Waals surface area contributed by atoms with Crippen molar-refractivity contribution in [2.75, 3.05) is 0 Å². The van der Waals surface area contributed by atoms with E-state index < -0.39 is 99.0 Å². The molecule has 0 N–H and O–H groups in total. The molecule has 0 spiro atoms. The lowest BCUT2D eigenvalue weighted by molar-refractivity contribution is -0.186. The van der Waals surface area contributed by atoms with Crippen LogP contribution in [0.2, 0.25) is 0 Å². The fourth-order valence-corrected chi connectivity index (χ4v) is 5.54. The average Bonchev–Trinajstić information content (AvgIpc) is 2.51. The van der Waals surface area contributed by atoms with Gasteiger partial charge in [-0.25, -0.2) is 50.5 Å². The Bertz CT molecular complexity index is 1140. The maximum atomic E-state index is 11.1. The number of hydrogen-bond donors (Lipinski definition) is 0. The van der Waals surface area contributed by atoms with Gasteiger partial charge in [-0.3, -0.25) is 25.1 Å². The summed E-state index contributed by atoms with van der Waals surface area (Å²) in [6.07, 6.45) is -21.7. The second kappa shape index (κ2) is 10.8. The normalized spacial score (nSPS) is 29.2. The molecular formula is C6H6O24S6-6.